The second kappa shape index (κ2) is 9.49. The number of esters is 1. The van der Waals surface area contributed by atoms with E-state index in [0.717, 1.165) is 29.5 Å². The summed E-state index contributed by atoms with van der Waals surface area (Å²) in [5.74, 6) is 0.895. The maximum Gasteiger partial charge on any atom is 0.326 e. The summed E-state index contributed by atoms with van der Waals surface area (Å²) in [5.41, 5.74) is -0.573. The molecule has 0 aliphatic heterocycles. The Morgan fingerprint density at radius 1 is 1.43 bits per heavy atom. The van der Waals surface area contributed by atoms with Crippen LogP contribution in [-0.2, 0) is 9.53 Å². The van der Waals surface area contributed by atoms with E-state index in [1.165, 1.54) is 4.90 Å². The van der Waals surface area contributed by atoms with Crippen molar-refractivity contribution in [2.75, 3.05) is 19.4 Å². The molecular weight excluding hydrogens is 350 g/mol. The van der Waals surface area contributed by atoms with Crippen LogP contribution in [0.1, 0.15) is 33.1 Å². The van der Waals surface area contributed by atoms with Crippen LogP contribution in [-0.4, -0.2) is 30.9 Å². The van der Waals surface area contributed by atoms with Crippen LogP contribution in [0, 0.1) is 0 Å². The highest BCUT2D eigenvalue weighted by Gasteiger charge is 2.32. The van der Waals surface area contributed by atoms with Gasteiger partial charge in [0, 0.05) is 9.37 Å². The van der Waals surface area contributed by atoms with Gasteiger partial charge in [-0.25, -0.2) is 0 Å². The lowest BCUT2D eigenvalue weighted by atomic mass is 9.95. The van der Waals surface area contributed by atoms with Crippen LogP contribution in [0.5, 0.6) is 0 Å². The molecule has 0 spiro atoms. The first-order valence-corrected chi connectivity index (χ1v) is 9.04. The molecule has 1 rings (SSSR count). The Hall–Kier alpha value is -0.520. The predicted molar refractivity (Wildman–Crippen MR) is 92.8 cm³/mol. The highest BCUT2D eigenvalue weighted by atomic mass is 79.9. The summed E-state index contributed by atoms with van der Waals surface area (Å²) >= 11 is 5.32. The van der Waals surface area contributed by atoms with E-state index in [0.29, 0.717) is 6.61 Å². The van der Waals surface area contributed by atoms with E-state index in [4.69, 9.17) is 4.74 Å². The van der Waals surface area contributed by atoms with Gasteiger partial charge in [0.2, 0.25) is 0 Å². The lowest BCUT2D eigenvalue weighted by Crippen LogP contribution is -2.48. The number of likely N-dealkylation sites (N-methyl/N-ethyl adjacent to an activating group) is 1. The van der Waals surface area contributed by atoms with Crippen molar-refractivity contribution in [3.05, 3.63) is 28.7 Å². The van der Waals surface area contributed by atoms with Gasteiger partial charge >= 0.3 is 5.97 Å². The molecule has 0 heterocycles. The lowest BCUT2D eigenvalue weighted by Gasteiger charge is -2.26. The van der Waals surface area contributed by atoms with Gasteiger partial charge in [0.15, 0.2) is 0 Å². The minimum atomic E-state index is -0.573. The molecule has 1 unspecified atom stereocenters. The first-order valence-electron chi connectivity index (χ1n) is 7.26. The fraction of sp³-hybridized carbons (Fsp3) is 0.562. The molecule has 3 nitrogen and oxygen atoms in total. The van der Waals surface area contributed by atoms with Gasteiger partial charge in [-0.3, -0.25) is 4.79 Å². The average molecular weight is 374 g/mol. The van der Waals surface area contributed by atoms with Gasteiger partial charge < -0.3 is 10.1 Å². The molecule has 0 aromatic heterocycles. The van der Waals surface area contributed by atoms with Crippen LogP contribution >= 0.6 is 27.7 Å². The second-order valence-corrected chi connectivity index (χ2v) is 7.15. The van der Waals surface area contributed by atoms with Crippen molar-refractivity contribution >= 4 is 33.7 Å². The van der Waals surface area contributed by atoms with Crippen molar-refractivity contribution in [1.29, 1.82) is 0 Å². The number of nitrogens with one attached hydrogen (secondary N) is 1. The first kappa shape index (κ1) is 18.5. The minimum Gasteiger partial charge on any atom is -0.465 e. The normalized spacial score (nSPS) is 13.7. The topological polar surface area (TPSA) is 38.3 Å². The molecule has 0 fully saturated rings. The Morgan fingerprint density at radius 3 is 2.81 bits per heavy atom. The number of carbonyl (C=O) groups is 1. The van der Waals surface area contributed by atoms with E-state index >= 15 is 0 Å². The molecule has 1 atom stereocenters. The van der Waals surface area contributed by atoms with Gasteiger partial charge in [-0.2, -0.15) is 0 Å². The van der Waals surface area contributed by atoms with Gasteiger partial charge in [0.25, 0.3) is 0 Å². The first-order chi connectivity index (χ1) is 10.0. The third-order valence-corrected chi connectivity index (χ3v) is 4.99. The smallest absolute Gasteiger partial charge is 0.326 e. The Bertz CT molecular complexity index is 456. The number of rotatable bonds is 9. The average Bonchev–Trinajstić information content (AvgIpc) is 2.47. The molecule has 0 aliphatic rings. The Balaban J connectivity index is 2.30. The maximum absolute atomic E-state index is 11.9. The number of hydrogen-bond acceptors (Lipinski definition) is 4. The SMILES string of the molecule is CCOC(=O)C(C)(CCCCSc1cccc(Br)c1)NC. The van der Waals surface area contributed by atoms with Crippen LogP contribution in [0.3, 0.4) is 0 Å². The van der Waals surface area contributed by atoms with Gasteiger partial charge in [0.05, 0.1) is 6.61 Å². The predicted octanol–water partition coefficient (Wildman–Crippen LogP) is 4.25. The van der Waals surface area contributed by atoms with Crippen LogP contribution in [0.15, 0.2) is 33.6 Å². The molecule has 0 aliphatic carbocycles. The molecule has 21 heavy (non-hydrogen) atoms. The largest absolute Gasteiger partial charge is 0.465 e. The number of unbranched alkanes of at least 4 members (excludes halogenated alkanes) is 1. The number of thioether (sulfide) groups is 1. The maximum atomic E-state index is 11.9. The van der Waals surface area contributed by atoms with E-state index in [2.05, 4.69) is 33.4 Å². The molecule has 0 radical (unpaired) electrons. The van der Waals surface area contributed by atoms with Crippen LogP contribution in [0.4, 0.5) is 0 Å². The monoisotopic (exact) mass is 373 g/mol. The molecule has 5 heteroatoms. The van der Waals surface area contributed by atoms with Gasteiger partial charge in [-0.15, -0.1) is 11.8 Å². The van der Waals surface area contributed by atoms with Crippen LogP contribution in [0.25, 0.3) is 0 Å². The molecule has 0 saturated heterocycles. The molecule has 1 aromatic rings. The molecule has 1 aromatic carbocycles. The molecule has 0 bridgehead atoms. The van der Waals surface area contributed by atoms with Gasteiger partial charge in [-0.1, -0.05) is 28.4 Å². The molecular formula is C16H24BrNO2S. The zero-order valence-corrected chi connectivity index (χ0v) is 15.4. The summed E-state index contributed by atoms with van der Waals surface area (Å²) < 4.78 is 6.23. The van der Waals surface area contributed by atoms with Crippen LogP contribution in [0.2, 0.25) is 0 Å². The number of carbonyl (C=O) groups excluding carboxylic acids is 1. The van der Waals surface area contributed by atoms with Crippen molar-refractivity contribution in [2.45, 2.75) is 43.5 Å². The van der Waals surface area contributed by atoms with E-state index in [-0.39, 0.29) is 5.97 Å². The number of benzene rings is 1. The van der Waals surface area contributed by atoms with Gasteiger partial charge in [0.1, 0.15) is 5.54 Å². The van der Waals surface area contributed by atoms with Crippen molar-refractivity contribution in [2.24, 2.45) is 0 Å². The number of halogens is 1. The van der Waals surface area contributed by atoms with E-state index in [9.17, 15) is 4.79 Å². The Kier molecular flexibility index (Phi) is 8.37. The lowest BCUT2D eigenvalue weighted by molar-refractivity contribution is -0.150. The van der Waals surface area contributed by atoms with Crippen molar-refractivity contribution in [3.8, 4) is 0 Å². The Labute approximate surface area is 140 Å². The zero-order valence-electron chi connectivity index (χ0n) is 12.9. The minimum absolute atomic E-state index is 0.160. The Morgan fingerprint density at radius 2 is 2.19 bits per heavy atom. The van der Waals surface area contributed by atoms with Crippen molar-refractivity contribution in [1.82, 2.24) is 5.32 Å². The number of hydrogen-bond donors (Lipinski definition) is 1. The van der Waals surface area contributed by atoms with Gasteiger partial charge in [-0.05, 0) is 57.7 Å². The summed E-state index contributed by atoms with van der Waals surface area (Å²) in [6.45, 7) is 4.17. The van der Waals surface area contributed by atoms with Crippen molar-refractivity contribution in [3.63, 3.8) is 0 Å². The standard InChI is InChI=1S/C16H24BrNO2S/c1-4-20-15(19)16(2,18-3)10-5-6-11-21-14-9-7-8-13(17)12-14/h7-9,12,18H,4-6,10-11H2,1-3H3. The molecule has 1 N–H and O–H groups in total. The highest BCUT2D eigenvalue weighted by molar-refractivity contribution is 9.10. The summed E-state index contributed by atoms with van der Waals surface area (Å²) in [7, 11) is 1.81. The van der Waals surface area contributed by atoms with Crippen LogP contribution < -0.4 is 5.32 Å². The summed E-state index contributed by atoms with van der Waals surface area (Å²) in [4.78, 5) is 13.2. The second-order valence-electron chi connectivity index (χ2n) is 5.07. The van der Waals surface area contributed by atoms with Crippen molar-refractivity contribution < 1.29 is 9.53 Å². The summed E-state index contributed by atoms with van der Waals surface area (Å²) in [6, 6.07) is 8.32. The van der Waals surface area contributed by atoms with E-state index in [1.54, 1.807) is 0 Å². The molecule has 0 amide bonds. The fourth-order valence-electron chi connectivity index (χ4n) is 1.95. The number of ether oxygens (including phenoxy) is 1. The third-order valence-electron chi connectivity index (χ3n) is 3.41. The third kappa shape index (κ3) is 6.41. The summed E-state index contributed by atoms with van der Waals surface area (Å²) in [5, 5.41) is 3.09. The molecule has 118 valence electrons. The van der Waals surface area contributed by atoms with E-state index < -0.39 is 5.54 Å². The highest BCUT2D eigenvalue weighted by Crippen LogP contribution is 2.24. The summed E-state index contributed by atoms with van der Waals surface area (Å²) in [6.07, 6.45) is 2.87. The van der Waals surface area contributed by atoms with E-state index in [1.807, 2.05) is 44.8 Å². The molecule has 0 saturated carbocycles. The fourth-order valence-corrected chi connectivity index (χ4v) is 3.47. The zero-order chi connectivity index (χ0) is 15.7. The quantitative estimate of drug-likeness (QED) is 0.398.